The minimum Gasteiger partial charge on any atom is -0.494 e. The zero-order chi connectivity index (χ0) is 20.5. The van der Waals surface area contributed by atoms with E-state index in [0.717, 1.165) is 11.3 Å². The van der Waals surface area contributed by atoms with Crippen LogP contribution in [0, 0.1) is 12.7 Å². The van der Waals surface area contributed by atoms with Crippen molar-refractivity contribution in [1.82, 2.24) is 9.78 Å². The van der Waals surface area contributed by atoms with E-state index in [2.05, 4.69) is 5.10 Å². The lowest BCUT2D eigenvalue weighted by molar-refractivity contribution is 0.386. The van der Waals surface area contributed by atoms with E-state index in [1.807, 2.05) is 19.9 Å². The van der Waals surface area contributed by atoms with Gasteiger partial charge in [0.2, 0.25) is 10.0 Å². The molecule has 0 bridgehead atoms. The minimum atomic E-state index is -3.79. The number of nitrogens with zero attached hydrogens (tertiary/aromatic N) is 2. The average molecular weight is 401 g/mol. The van der Waals surface area contributed by atoms with Gasteiger partial charge in [0.1, 0.15) is 5.69 Å². The first-order valence-corrected chi connectivity index (χ1v) is 10.00. The summed E-state index contributed by atoms with van der Waals surface area (Å²) in [6, 6.07) is 10.8. The highest BCUT2D eigenvalue weighted by Gasteiger charge is 2.19. The van der Waals surface area contributed by atoms with Crippen molar-refractivity contribution in [2.45, 2.75) is 18.7 Å². The first kappa shape index (κ1) is 19.8. The second-order valence-corrected chi connectivity index (χ2v) is 7.72. The highest BCUT2D eigenvalue weighted by molar-refractivity contribution is 7.89. The number of primary sulfonamides is 1. The molecule has 0 atom stereocenters. The first-order chi connectivity index (χ1) is 13.3. The molecule has 2 N–H and O–H groups in total. The molecular weight excluding hydrogens is 381 g/mol. The Morgan fingerprint density at radius 1 is 1.14 bits per heavy atom. The molecule has 0 fully saturated rings. The van der Waals surface area contributed by atoms with Gasteiger partial charge in [-0.05, 0) is 43.7 Å². The highest BCUT2D eigenvalue weighted by atomic mass is 32.2. The Bertz CT molecular complexity index is 1150. The van der Waals surface area contributed by atoms with Crippen LogP contribution in [-0.4, -0.2) is 25.3 Å². The number of halogens is 1. The van der Waals surface area contributed by atoms with Crippen molar-refractivity contribution in [3.05, 3.63) is 60.1 Å². The van der Waals surface area contributed by atoms with E-state index in [0.29, 0.717) is 16.8 Å². The molecule has 3 rings (SSSR count). The lowest BCUT2D eigenvalue weighted by Gasteiger charge is -2.08. The van der Waals surface area contributed by atoms with Crippen LogP contribution in [0.1, 0.15) is 12.6 Å². The number of rotatable bonds is 5. The molecule has 3 aromatic rings. The third-order valence-electron chi connectivity index (χ3n) is 4.34. The third kappa shape index (κ3) is 3.69. The van der Waals surface area contributed by atoms with Crippen LogP contribution in [0.5, 0.6) is 5.75 Å². The predicted molar refractivity (Wildman–Crippen MR) is 107 cm³/mol. The maximum absolute atomic E-state index is 14.3. The van der Waals surface area contributed by atoms with Gasteiger partial charge in [0, 0.05) is 23.0 Å². The number of hydrogen-bond donors (Lipinski definition) is 1. The molecule has 0 unspecified atom stereocenters. The predicted octanol–water partition coefficient (Wildman–Crippen LogP) is 3.81. The molecule has 0 aliphatic carbocycles. The van der Waals surface area contributed by atoms with Gasteiger partial charge >= 0.3 is 0 Å². The van der Waals surface area contributed by atoms with Gasteiger partial charge in [-0.25, -0.2) is 22.6 Å². The number of hydrogen-bond acceptors (Lipinski definition) is 4. The number of benzene rings is 2. The Hall–Kier alpha value is -2.97. The lowest BCUT2D eigenvalue weighted by Crippen LogP contribution is -2.11. The van der Waals surface area contributed by atoms with Crippen LogP contribution in [0.3, 0.4) is 0 Å². The Labute approximate surface area is 163 Å². The summed E-state index contributed by atoms with van der Waals surface area (Å²) in [5.74, 6) is -0.324. The smallest absolute Gasteiger partial charge is 0.238 e. The molecule has 0 aliphatic heterocycles. The molecular formula is C20H20FN3O3S. The molecule has 6 nitrogen and oxygen atoms in total. The van der Waals surface area contributed by atoms with Crippen LogP contribution in [0.2, 0.25) is 0 Å². The molecule has 8 heteroatoms. The Balaban J connectivity index is 2.21. The number of aromatic nitrogens is 2. The molecule has 28 heavy (non-hydrogen) atoms. The van der Waals surface area contributed by atoms with Crippen LogP contribution in [0.25, 0.3) is 28.6 Å². The maximum atomic E-state index is 14.3. The lowest BCUT2D eigenvalue weighted by atomic mass is 9.99. The van der Waals surface area contributed by atoms with Crippen LogP contribution >= 0.6 is 0 Å². The quantitative estimate of drug-likeness (QED) is 0.704. The highest BCUT2D eigenvalue weighted by Crippen LogP contribution is 2.36. The summed E-state index contributed by atoms with van der Waals surface area (Å²) in [5, 5.41) is 9.77. The molecule has 0 radical (unpaired) electrons. The van der Waals surface area contributed by atoms with Crippen LogP contribution < -0.4 is 9.88 Å². The summed E-state index contributed by atoms with van der Waals surface area (Å²) in [4.78, 5) is 0.0119. The number of nitrogens with two attached hydrogens (primary N) is 1. The van der Waals surface area contributed by atoms with E-state index in [9.17, 15) is 12.8 Å². The fourth-order valence-electron chi connectivity index (χ4n) is 2.98. The number of ether oxygens (including phenoxy) is 1. The second-order valence-electron chi connectivity index (χ2n) is 6.15. The molecule has 0 spiro atoms. The zero-order valence-electron chi connectivity index (χ0n) is 15.7. The number of methoxy groups -OCH3 is 1. The summed E-state index contributed by atoms with van der Waals surface area (Å²) in [6.07, 6.45) is 3.63. The maximum Gasteiger partial charge on any atom is 0.238 e. The fraction of sp³-hybridized carbons (Fsp3) is 0.150. The van der Waals surface area contributed by atoms with Crippen LogP contribution in [-0.2, 0) is 10.0 Å². The van der Waals surface area contributed by atoms with Gasteiger partial charge in [0.15, 0.2) is 11.6 Å². The Kier molecular flexibility index (Phi) is 5.35. The molecule has 0 saturated heterocycles. The van der Waals surface area contributed by atoms with Gasteiger partial charge in [-0.2, -0.15) is 5.10 Å². The minimum absolute atomic E-state index is 0.0119. The van der Waals surface area contributed by atoms with Gasteiger partial charge < -0.3 is 4.74 Å². The molecule has 0 amide bonds. The van der Waals surface area contributed by atoms with Gasteiger partial charge in [-0.1, -0.05) is 24.3 Å². The summed E-state index contributed by atoms with van der Waals surface area (Å²) in [6.45, 7) is 3.75. The summed E-state index contributed by atoms with van der Waals surface area (Å²) < 4.78 is 44.0. The van der Waals surface area contributed by atoms with Crippen molar-refractivity contribution in [3.8, 4) is 28.1 Å². The first-order valence-electron chi connectivity index (χ1n) is 8.45. The van der Waals surface area contributed by atoms with Gasteiger partial charge in [-0.15, -0.1) is 0 Å². The summed E-state index contributed by atoms with van der Waals surface area (Å²) in [5.41, 5.74) is 3.47. The van der Waals surface area contributed by atoms with Crippen molar-refractivity contribution < 1.29 is 17.5 Å². The van der Waals surface area contributed by atoms with E-state index < -0.39 is 15.8 Å². The van der Waals surface area contributed by atoms with Crippen molar-refractivity contribution in [2.75, 3.05) is 7.11 Å². The van der Waals surface area contributed by atoms with Crippen molar-refractivity contribution >= 4 is 16.2 Å². The molecule has 1 heterocycles. The largest absolute Gasteiger partial charge is 0.494 e. The average Bonchev–Trinajstić information content (AvgIpc) is 2.98. The van der Waals surface area contributed by atoms with Gasteiger partial charge in [0.05, 0.1) is 12.0 Å². The van der Waals surface area contributed by atoms with Gasteiger partial charge in [0.25, 0.3) is 0 Å². The standard InChI is InChI=1S/C20H20FN3O3S/c1-4-11-24-13(2)19(15-7-10-18(27-3)17(21)12-15)20(23-24)14-5-8-16(9-6-14)28(22,25)26/h4-12H,1-3H3,(H2,22,25,26). The summed E-state index contributed by atoms with van der Waals surface area (Å²) in [7, 11) is -2.38. The molecule has 2 aromatic carbocycles. The molecule has 0 aliphatic rings. The van der Waals surface area contributed by atoms with E-state index in [1.165, 1.54) is 25.3 Å². The van der Waals surface area contributed by atoms with E-state index >= 15 is 0 Å². The second kappa shape index (κ2) is 7.57. The molecule has 146 valence electrons. The Morgan fingerprint density at radius 2 is 1.79 bits per heavy atom. The number of sulfonamides is 1. The van der Waals surface area contributed by atoms with Crippen molar-refractivity contribution in [1.29, 1.82) is 0 Å². The molecule has 0 saturated carbocycles. The van der Waals surface area contributed by atoms with E-state index in [1.54, 1.807) is 35.1 Å². The van der Waals surface area contributed by atoms with Gasteiger partial charge in [-0.3, -0.25) is 0 Å². The number of allylic oxidation sites excluding steroid dienone is 1. The third-order valence-corrected chi connectivity index (χ3v) is 5.27. The summed E-state index contributed by atoms with van der Waals surface area (Å²) >= 11 is 0. The van der Waals surface area contributed by atoms with Crippen LogP contribution in [0.4, 0.5) is 4.39 Å². The van der Waals surface area contributed by atoms with E-state index in [4.69, 9.17) is 9.88 Å². The van der Waals surface area contributed by atoms with Crippen molar-refractivity contribution in [2.24, 2.45) is 5.14 Å². The monoisotopic (exact) mass is 401 g/mol. The van der Waals surface area contributed by atoms with Crippen LogP contribution in [0.15, 0.2) is 53.4 Å². The molecule has 1 aromatic heterocycles. The SMILES string of the molecule is CC=Cn1nc(-c2ccc(S(N)(=O)=O)cc2)c(-c2ccc(OC)c(F)c2)c1C. The van der Waals surface area contributed by atoms with Crippen molar-refractivity contribution in [3.63, 3.8) is 0 Å². The normalized spacial score (nSPS) is 11.9. The topological polar surface area (TPSA) is 87.2 Å². The van der Waals surface area contributed by atoms with E-state index in [-0.39, 0.29) is 10.6 Å². The fourth-order valence-corrected chi connectivity index (χ4v) is 3.49. The zero-order valence-corrected chi connectivity index (χ0v) is 16.5. The Morgan fingerprint density at radius 3 is 2.32 bits per heavy atom.